The van der Waals surface area contributed by atoms with Gasteiger partial charge in [-0.2, -0.15) is 0 Å². The number of hydrogen-bond acceptors (Lipinski definition) is 6. The van der Waals surface area contributed by atoms with E-state index in [1.165, 1.54) is 96.3 Å². The zero-order chi connectivity index (χ0) is 57.8. The fourth-order valence-electron chi connectivity index (χ4n) is 8.74. The minimum absolute atomic E-state index is 0.0953. The monoisotopic (exact) mass is 1100 g/mol. The van der Waals surface area contributed by atoms with Crippen molar-refractivity contribution in [2.24, 2.45) is 0 Å². The Labute approximate surface area is 493 Å². The normalized spacial score (nSPS) is 13.1. The molecule has 0 aliphatic heterocycles. The first-order chi connectivity index (χ1) is 39.5. The number of esters is 3. The average molecular weight is 1110 g/mol. The molecule has 0 aliphatic carbocycles. The second-order valence-electron chi connectivity index (χ2n) is 21.3. The van der Waals surface area contributed by atoms with Crippen LogP contribution in [0.3, 0.4) is 0 Å². The van der Waals surface area contributed by atoms with E-state index in [4.69, 9.17) is 14.2 Å². The quantitative estimate of drug-likeness (QED) is 0.0261. The zero-order valence-corrected chi connectivity index (χ0v) is 51.8. The molecule has 0 N–H and O–H groups in total. The third-order valence-corrected chi connectivity index (χ3v) is 13.6. The molecule has 80 heavy (non-hydrogen) atoms. The Kier molecular flexibility index (Phi) is 62.9. The van der Waals surface area contributed by atoms with Gasteiger partial charge in [-0.15, -0.1) is 0 Å². The van der Waals surface area contributed by atoms with E-state index in [0.717, 1.165) is 148 Å². The van der Waals surface area contributed by atoms with Crippen molar-refractivity contribution in [1.29, 1.82) is 0 Å². The Bertz CT molecular complexity index is 1750. The molecule has 0 bridgehead atoms. The highest BCUT2D eigenvalue weighted by molar-refractivity contribution is 5.71. The number of rotatable bonds is 58. The molecule has 0 saturated heterocycles. The maximum Gasteiger partial charge on any atom is 0.306 e. The van der Waals surface area contributed by atoms with Gasteiger partial charge in [0.2, 0.25) is 0 Å². The van der Waals surface area contributed by atoms with Gasteiger partial charge in [-0.05, 0) is 122 Å². The number of carbonyl (C=O) groups excluding carboxylic acids is 3. The maximum absolute atomic E-state index is 12.9. The molecule has 0 radical (unpaired) electrons. The van der Waals surface area contributed by atoms with Gasteiger partial charge >= 0.3 is 17.9 Å². The summed E-state index contributed by atoms with van der Waals surface area (Å²) in [5, 5.41) is 0. The number of unbranched alkanes of at least 4 members (excludes halogenated alkanes) is 23. The second-order valence-corrected chi connectivity index (χ2v) is 21.3. The Hall–Kier alpha value is -4.71. The van der Waals surface area contributed by atoms with E-state index < -0.39 is 6.10 Å². The first-order valence-electron chi connectivity index (χ1n) is 32.8. The van der Waals surface area contributed by atoms with Gasteiger partial charge in [0, 0.05) is 19.3 Å². The van der Waals surface area contributed by atoms with Gasteiger partial charge in [-0.25, -0.2) is 0 Å². The molecule has 0 heterocycles. The molecule has 1 atom stereocenters. The van der Waals surface area contributed by atoms with E-state index in [9.17, 15) is 14.4 Å². The van der Waals surface area contributed by atoms with Crippen LogP contribution in [0, 0.1) is 0 Å². The van der Waals surface area contributed by atoms with Crippen molar-refractivity contribution in [3.63, 3.8) is 0 Å². The lowest BCUT2D eigenvalue weighted by molar-refractivity contribution is -0.167. The van der Waals surface area contributed by atoms with Crippen LogP contribution in [0.25, 0.3) is 0 Å². The van der Waals surface area contributed by atoms with Gasteiger partial charge in [0.25, 0.3) is 0 Å². The number of hydrogen-bond donors (Lipinski definition) is 0. The van der Waals surface area contributed by atoms with Crippen molar-refractivity contribution in [2.45, 2.75) is 290 Å². The molecule has 0 aromatic carbocycles. The molecule has 0 aromatic heterocycles. The highest BCUT2D eigenvalue weighted by Gasteiger charge is 2.19. The Morgan fingerprint density at radius 1 is 0.263 bits per heavy atom. The number of carbonyl (C=O) groups is 3. The summed E-state index contributed by atoms with van der Waals surface area (Å²) in [6.45, 7) is 6.38. The first-order valence-corrected chi connectivity index (χ1v) is 32.8. The maximum atomic E-state index is 12.9. The second kappa shape index (κ2) is 66.8. The van der Waals surface area contributed by atoms with Crippen molar-refractivity contribution in [2.75, 3.05) is 13.2 Å². The molecular formula is C74H120O6. The van der Waals surface area contributed by atoms with Crippen molar-refractivity contribution in [3.8, 4) is 0 Å². The Morgan fingerprint density at radius 3 is 0.775 bits per heavy atom. The van der Waals surface area contributed by atoms with Crippen LogP contribution >= 0.6 is 0 Å². The van der Waals surface area contributed by atoms with E-state index in [0.29, 0.717) is 12.8 Å². The van der Waals surface area contributed by atoms with E-state index in [1.54, 1.807) is 0 Å². The van der Waals surface area contributed by atoms with Gasteiger partial charge < -0.3 is 14.2 Å². The predicted octanol–water partition coefficient (Wildman–Crippen LogP) is 22.7. The lowest BCUT2D eigenvalue weighted by atomic mass is 10.0. The van der Waals surface area contributed by atoms with Crippen molar-refractivity contribution in [1.82, 2.24) is 0 Å². The lowest BCUT2D eigenvalue weighted by Crippen LogP contribution is -2.30. The van der Waals surface area contributed by atoms with Crippen LogP contribution in [0.2, 0.25) is 0 Å². The predicted molar refractivity (Wildman–Crippen MR) is 348 cm³/mol. The average Bonchev–Trinajstić information content (AvgIpc) is 3.46. The third-order valence-electron chi connectivity index (χ3n) is 13.6. The summed E-state index contributed by atoms with van der Waals surface area (Å²) >= 11 is 0. The van der Waals surface area contributed by atoms with Gasteiger partial charge in [-0.1, -0.05) is 289 Å². The van der Waals surface area contributed by atoms with Crippen molar-refractivity contribution in [3.05, 3.63) is 146 Å². The summed E-state index contributed by atoms with van der Waals surface area (Å²) < 4.78 is 16.9. The van der Waals surface area contributed by atoms with Crippen molar-refractivity contribution >= 4 is 17.9 Å². The molecule has 6 heteroatoms. The summed E-state index contributed by atoms with van der Waals surface area (Å²) in [5.74, 6) is -0.933. The topological polar surface area (TPSA) is 78.9 Å². The number of ether oxygens (including phenoxy) is 3. The van der Waals surface area contributed by atoms with Crippen LogP contribution in [-0.4, -0.2) is 37.2 Å². The van der Waals surface area contributed by atoms with Crippen LogP contribution in [-0.2, 0) is 28.6 Å². The fourth-order valence-corrected chi connectivity index (χ4v) is 8.74. The molecule has 0 fully saturated rings. The third kappa shape index (κ3) is 64.1. The first kappa shape index (κ1) is 75.3. The molecule has 0 amide bonds. The molecule has 6 nitrogen and oxygen atoms in total. The van der Waals surface area contributed by atoms with Crippen LogP contribution < -0.4 is 0 Å². The standard InChI is InChI=1S/C74H120O6/c1-4-7-10-13-16-19-22-25-27-29-31-32-33-34-35-36-37-38-39-40-41-42-44-45-47-49-52-55-58-61-64-67-73(76)79-70-71(69-78-72(75)66-63-60-57-54-51-24-21-18-15-12-9-6-3)80-74(77)68-65-62-59-56-53-50-48-46-43-30-28-26-23-20-17-14-11-8-5-2/h7-8,10-11,16-17,19-20,25-28,31-32,34-35,37-38,40-41,43,46,50,53,71H,4-6,9,12-15,18,21-24,29-30,33,36,39,42,44-45,47-49,51-52,54-70H2,1-3H3/b10-7-,11-8-,19-16-,20-17-,27-25-,28-26-,32-31-,35-34-,38-37-,41-40-,46-43-,53-50-. The molecule has 1 unspecified atom stereocenters. The smallest absolute Gasteiger partial charge is 0.306 e. The number of allylic oxidation sites excluding steroid dienone is 24. The van der Waals surface area contributed by atoms with Gasteiger partial charge in [0.05, 0.1) is 0 Å². The van der Waals surface area contributed by atoms with Crippen LogP contribution in [0.15, 0.2) is 146 Å². The van der Waals surface area contributed by atoms with Crippen LogP contribution in [0.1, 0.15) is 284 Å². The minimum atomic E-state index is -0.803. The fraction of sp³-hybridized carbons (Fsp3) is 0.635. The SMILES string of the molecule is CC/C=C\C/C=C\C/C=C\C/C=C\C/C=C\C/C=C\C/C=C\CCCCCCCCCCCC(=O)OCC(COC(=O)CCCCCCCCCCCCCC)OC(=O)CCCCC/C=C\C/C=C\C/C=C\C/C=C\C/C=C\CC. The van der Waals surface area contributed by atoms with Gasteiger partial charge in [0.15, 0.2) is 6.10 Å². The van der Waals surface area contributed by atoms with E-state index >= 15 is 0 Å². The Morgan fingerprint density at radius 2 is 0.487 bits per heavy atom. The molecule has 0 spiro atoms. The summed E-state index contributed by atoms with van der Waals surface area (Å²) in [6, 6.07) is 0. The van der Waals surface area contributed by atoms with Crippen molar-refractivity contribution < 1.29 is 28.6 Å². The molecule has 0 aliphatic rings. The largest absolute Gasteiger partial charge is 0.462 e. The minimum Gasteiger partial charge on any atom is -0.462 e. The molecule has 0 aromatic rings. The van der Waals surface area contributed by atoms with Gasteiger partial charge in [0.1, 0.15) is 13.2 Å². The summed E-state index contributed by atoms with van der Waals surface area (Å²) in [6.07, 6.45) is 95.7. The van der Waals surface area contributed by atoms with E-state index in [1.807, 2.05) is 0 Å². The summed E-state index contributed by atoms with van der Waals surface area (Å²) in [5.41, 5.74) is 0. The zero-order valence-electron chi connectivity index (χ0n) is 51.8. The molecule has 0 saturated carbocycles. The summed E-state index contributed by atoms with van der Waals surface area (Å²) in [4.78, 5) is 38.3. The molecule has 0 rings (SSSR count). The van der Waals surface area contributed by atoms with Crippen LogP contribution in [0.5, 0.6) is 0 Å². The van der Waals surface area contributed by atoms with E-state index in [-0.39, 0.29) is 37.5 Å². The highest BCUT2D eigenvalue weighted by Crippen LogP contribution is 2.15. The Balaban J connectivity index is 4.34. The molecular weight excluding hydrogens is 985 g/mol. The highest BCUT2D eigenvalue weighted by atomic mass is 16.6. The van der Waals surface area contributed by atoms with Gasteiger partial charge in [-0.3, -0.25) is 14.4 Å². The van der Waals surface area contributed by atoms with Crippen LogP contribution in [0.4, 0.5) is 0 Å². The van der Waals surface area contributed by atoms with E-state index in [2.05, 4.69) is 167 Å². The molecule has 452 valence electrons. The lowest BCUT2D eigenvalue weighted by Gasteiger charge is -2.18. The summed E-state index contributed by atoms with van der Waals surface area (Å²) in [7, 11) is 0.